The summed E-state index contributed by atoms with van der Waals surface area (Å²) in [6.45, 7) is 0. The van der Waals surface area contributed by atoms with E-state index < -0.39 is 23.8 Å². The van der Waals surface area contributed by atoms with E-state index in [-0.39, 0.29) is 46.6 Å². The largest absolute Gasteiger partial charge is 0.478 e. The van der Waals surface area contributed by atoms with Crippen LogP contribution in [0.1, 0.15) is 48.6 Å². The van der Waals surface area contributed by atoms with Gasteiger partial charge in [-0.15, -0.1) is 12.4 Å². The SMILES string of the molecule is Cl.N=C(N)c1ccc2cc(OC(=O)c3ccc(C(N)C(=O)c4ccc(C(=O)O)cc4)o3)ccc2c1. The number of hydrogen-bond acceptors (Lipinski definition) is 7. The van der Waals surface area contributed by atoms with Gasteiger partial charge in [-0.05, 0) is 53.2 Å². The Balaban J connectivity index is 0.00000342. The molecule has 178 valence electrons. The van der Waals surface area contributed by atoms with Crippen molar-refractivity contribution >= 4 is 46.7 Å². The molecule has 0 saturated carbocycles. The lowest BCUT2D eigenvalue weighted by molar-refractivity contribution is 0.0688. The molecule has 35 heavy (non-hydrogen) atoms. The Morgan fingerprint density at radius 1 is 0.857 bits per heavy atom. The molecule has 0 radical (unpaired) electrons. The van der Waals surface area contributed by atoms with E-state index >= 15 is 0 Å². The number of furan rings is 1. The lowest BCUT2D eigenvalue weighted by atomic mass is 10.0. The fourth-order valence-corrected chi connectivity index (χ4v) is 3.33. The molecule has 1 unspecified atom stereocenters. The van der Waals surface area contributed by atoms with E-state index in [4.69, 9.17) is 31.1 Å². The number of fused-ring (bicyclic) bond motifs is 1. The highest BCUT2D eigenvalue weighted by Gasteiger charge is 2.23. The summed E-state index contributed by atoms with van der Waals surface area (Å²) in [5.74, 6) is -2.20. The third-order valence-corrected chi connectivity index (χ3v) is 5.17. The van der Waals surface area contributed by atoms with Gasteiger partial charge in [0.2, 0.25) is 5.76 Å². The van der Waals surface area contributed by atoms with Crippen LogP contribution in [0.2, 0.25) is 0 Å². The van der Waals surface area contributed by atoms with Crippen LogP contribution in [-0.2, 0) is 0 Å². The molecule has 9 nitrogen and oxygen atoms in total. The Morgan fingerprint density at radius 2 is 1.46 bits per heavy atom. The number of carboxylic acid groups (broad SMARTS) is 1. The molecule has 0 bridgehead atoms. The van der Waals surface area contributed by atoms with Crippen molar-refractivity contribution in [3.05, 3.63) is 101 Å². The molecule has 4 rings (SSSR count). The first-order valence-corrected chi connectivity index (χ1v) is 10.1. The normalized spacial score (nSPS) is 11.3. The number of aromatic carboxylic acids is 1. The predicted molar refractivity (Wildman–Crippen MR) is 131 cm³/mol. The molecule has 0 spiro atoms. The third-order valence-electron chi connectivity index (χ3n) is 5.17. The lowest BCUT2D eigenvalue weighted by Crippen LogP contribution is -2.21. The first-order chi connectivity index (χ1) is 16.2. The van der Waals surface area contributed by atoms with Crippen molar-refractivity contribution in [2.45, 2.75) is 6.04 Å². The molecule has 0 saturated heterocycles. The fourth-order valence-electron chi connectivity index (χ4n) is 3.33. The monoisotopic (exact) mass is 493 g/mol. The van der Waals surface area contributed by atoms with E-state index in [0.717, 1.165) is 10.8 Å². The Bertz CT molecular complexity index is 1450. The van der Waals surface area contributed by atoms with Crippen molar-refractivity contribution in [2.24, 2.45) is 11.5 Å². The minimum atomic E-state index is -1.19. The summed E-state index contributed by atoms with van der Waals surface area (Å²) in [6.07, 6.45) is 0. The minimum absolute atomic E-state index is 0. The number of benzene rings is 3. The Hall–Kier alpha value is -4.47. The minimum Gasteiger partial charge on any atom is -0.478 e. The summed E-state index contributed by atoms with van der Waals surface area (Å²) in [6, 6.07) is 17.1. The molecule has 4 aromatic rings. The van der Waals surface area contributed by atoms with Crippen LogP contribution in [0.5, 0.6) is 5.75 Å². The van der Waals surface area contributed by atoms with Gasteiger partial charge < -0.3 is 25.7 Å². The highest BCUT2D eigenvalue weighted by Crippen LogP contribution is 2.24. The summed E-state index contributed by atoms with van der Waals surface area (Å²) < 4.78 is 10.8. The smallest absolute Gasteiger partial charge is 0.379 e. The van der Waals surface area contributed by atoms with Gasteiger partial charge >= 0.3 is 11.9 Å². The van der Waals surface area contributed by atoms with E-state index in [1.54, 1.807) is 36.4 Å². The number of esters is 1. The van der Waals surface area contributed by atoms with Crippen molar-refractivity contribution in [1.29, 1.82) is 5.41 Å². The maximum Gasteiger partial charge on any atom is 0.379 e. The van der Waals surface area contributed by atoms with Crippen molar-refractivity contribution in [3.63, 3.8) is 0 Å². The van der Waals surface area contributed by atoms with Crippen LogP contribution in [0.15, 0.2) is 77.2 Å². The summed E-state index contributed by atoms with van der Waals surface area (Å²) in [7, 11) is 0. The number of ketones is 1. The van der Waals surface area contributed by atoms with Crippen molar-refractivity contribution < 1.29 is 28.6 Å². The van der Waals surface area contributed by atoms with Crippen LogP contribution >= 0.6 is 12.4 Å². The molecule has 0 aliphatic rings. The standard InChI is InChI=1S/C25H19N3O6.ClH/c26-21(22(29)13-1-3-14(4-2-13)24(30)31)19-9-10-20(34-19)25(32)33-18-8-7-15-11-17(23(27)28)6-5-16(15)12-18;/h1-12,21H,26H2,(H3,27,28)(H,30,31);1H. The molecule has 1 aromatic heterocycles. The molecule has 1 heterocycles. The number of Topliss-reactive ketones (excluding diaryl/α,β-unsaturated/α-hetero) is 1. The summed E-state index contributed by atoms with van der Waals surface area (Å²) in [4.78, 5) is 36.1. The number of carbonyl (C=O) groups is 3. The van der Waals surface area contributed by atoms with Crippen LogP contribution in [0.25, 0.3) is 10.8 Å². The number of hydrogen-bond donors (Lipinski definition) is 4. The van der Waals surface area contributed by atoms with E-state index in [0.29, 0.717) is 5.56 Å². The number of rotatable bonds is 7. The number of halogens is 1. The average molecular weight is 494 g/mol. The number of nitrogens with one attached hydrogen (secondary N) is 1. The second-order valence-corrected chi connectivity index (χ2v) is 7.45. The molecule has 0 aliphatic heterocycles. The Kier molecular flexibility index (Phi) is 7.34. The summed E-state index contributed by atoms with van der Waals surface area (Å²) in [5, 5.41) is 18.1. The molecular formula is C25H20ClN3O6. The first kappa shape index (κ1) is 25.2. The van der Waals surface area contributed by atoms with Gasteiger partial charge in [0.25, 0.3) is 0 Å². The molecule has 0 fully saturated rings. The van der Waals surface area contributed by atoms with Gasteiger partial charge in [0.1, 0.15) is 23.4 Å². The average Bonchev–Trinajstić information content (AvgIpc) is 3.33. The number of carboxylic acids is 1. The van der Waals surface area contributed by atoms with Crippen molar-refractivity contribution in [2.75, 3.05) is 0 Å². The summed E-state index contributed by atoms with van der Waals surface area (Å²) in [5.41, 5.74) is 12.3. The van der Waals surface area contributed by atoms with E-state index in [2.05, 4.69) is 0 Å². The second-order valence-electron chi connectivity index (χ2n) is 7.45. The van der Waals surface area contributed by atoms with Gasteiger partial charge in [-0.3, -0.25) is 10.2 Å². The second kappa shape index (κ2) is 10.2. The highest BCUT2D eigenvalue weighted by atomic mass is 35.5. The van der Waals surface area contributed by atoms with Gasteiger partial charge in [-0.2, -0.15) is 0 Å². The van der Waals surface area contributed by atoms with Crippen LogP contribution in [0.3, 0.4) is 0 Å². The van der Waals surface area contributed by atoms with Crippen LogP contribution in [-0.4, -0.2) is 28.7 Å². The topological polar surface area (TPSA) is 170 Å². The van der Waals surface area contributed by atoms with Gasteiger partial charge in [-0.1, -0.05) is 30.3 Å². The highest BCUT2D eigenvalue weighted by molar-refractivity contribution is 6.01. The van der Waals surface area contributed by atoms with Crippen LogP contribution in [0.4, 0.5) is 0 Å². The number of nitrogen functional groups attached to an aromatic ring is 1. The number of amidine groups is 1. The molecule has 3 aromatic carbocycles. The van der Waals surface area contributed by atoms with Gasteiger partial charge in [0, 0.05) is 11.1 Å². The summed E-state index contributed by atoms with van der Waals surface area (Å²) >= 11 is 0. The van der Waals surface area contributed by atoms with Crippen molar-refractivity contribution in [3.8, 4) is 5.75 Å². The molecule has 0 amide bonds. The maximum atomic E-state index is 12.6. The zero-order chi connectivity index (χ0) is 24.4. The molecule has 6 N–H and O–H groups in total. The molecule has 10 heteroatoms. The quantitative estimate of drug-likeness (QED) is 0.0985. The lowest BCUT2D eigenvalue weighted by Gasteiger charge is -2.08. The van der Waals surface area contributed by atoms with E-state index in [1.165, 1.54) is 36.4 Å². The first-order valence-electron chi connectivity index (χ1n) is 10.1. The van der Waals surface area contributed by atoms with Crippen molar-refractivity contribution in [1.82, 2.24) is 0 Å². The number of nitrogens with two attached hydrogens (primary N) is 2. The zero-order valence-corrected chi connectivity index (χ0v) is 18.9. The number of carbonyl (C=O) groups excluding carboxylic acids is 2. The maximum absolute atomic E-state index is 12.6. The molecule has 0 aliphatic carbocycles. The van der Waals surface area contributed by atoms with Crippen LogP contribution < -0.4 is 16.2 Å². The van der Waals surface area contributed by atoms with Gasteiger partial charge in [0.05, 0.1) is 5.56 Å². The van der Waals surface area contributed by atoms with Gasteiger partial charge in [-0.25, -0.2) is 9.59 Å². The fraction of sp³-hybridized carbons (Fsp3) is 0.0400. The molecule has 1 atom stereocenters. The van der Waals surface area contributed by atoms with Crippen LogP contribution in [0, 0.1) is 5.41 Å². The molecular weight excluding hydrogens is 474 g/mol. The predicted octanol–water partition coefficient (Wildman–Crippen LogP) is 3.94. The Morgan fingerprint density at radius 3 is 2.11 bits per heavy atom. The zero-order valence-electron chi connectivity index (χ0n) is 18.1. The van der Waals surface area contributed by atoms with Gasteiger partial charge in [0.15, 0.2) is 5.78 Å². The third kappa shape index (κ3) is 5.37. The Labute approximate surface area is 205 Å². The number of ether oxygens (including phenoxy) is 1. The van der Waals surface area contributed by atoms with E-state index in [1.807, 2.05) is 0 Å². The van der Waals surface area contributed by atoms with E-state index in [9.17, 15) is 14.4 Å².